The fourth-order valence-corrected chi connectivity index (χ4v) is 8.01. The molecule has 0 spiro atoms. The number of halogens is 2. The van der Waals surface area contributed by atoms with E-state index in [0.29, 0.717) is 36.3 Å². The lowest BCUT2D eigenvalue weighted by Gasteiger charge is -2.46. The minimum atomic E-state index is -1.47. The van der Waals surface area contributed by atoms with Crippen LogP contribution < -0.4 is 0 Å². The molecule has 0 unspecified atom stereocenters. The fraction of sp³-hybridized carbons (Fsp3) is 0.483. The molecule has 1 aliphatic carbocycles. The molecule has 3 aliphatic heterocycles. The van der Waals surface area contributed by atoms with Crippen LogP contribution in [0.25, 0.3) is 0 Å². The summed E-state index contributed by atoms with van der Waals surface area (Å²) in [6.45, 7) is 9.29. The molecule has 3 heterocycles. The zero-order chi connectivity index (χ0) is 26.2. The van der Waals surface area contributed by atoms with E-state index in [9.17, 15) is 10.5 Å². The van der Waals surface area contributed by atoms with Crippen LogP contribution in [0.2, 0.25) is 10.0 Å². The molecule has 2 saturated heterocycles. The van der Waals surface area contributed by atoms with Gasteiger partial charge in [0.25, 0.3) is 0 Å². The second-order valence-electron chi connectivity index (χ2n) is 11.3. The normalized spacial score (nSPS) is 33.5. The molecule has 0 bridgehead atoms. The summed E-state index contributed by atoms with van der Waals surface area (Å²) < 4.78 is 5.64. The number of nitriles is 2. The lowest BCUT2D eigenvalue weighted by molar-refractivity contribution is -0.00104. The van der Waals surface area contributed by atoms with E-state index in [1.54, 1.807) is 0 Å². The Bertz CT molecular complexity index is 1320. The van der Waals surface area contributed by atoms with Gasteiger partial charge < -0.3 is 4.74 Å². The van der Waals surface area contributed by atoms with Crippen molar-refractivity contribution in [1.29, 1.82) is 10.5 Å². The fourth-order valence-electron chi connectivity index (χ4n) is 7.76. The molecule has 0 N–H and O–H groups in total. The Balaban J connectivity index is 1.64. The molecule has 190 valence electrons. The molecule has 2 aromatic rings. The summed E-state index contributed by atoms with van der Waals surface area (Å²) in [4.78, 5) is 2.28. The third-order valence-electron chi connectivity index (χ3n) is 9.31. The SMILES string of the molecule is C[C@H]1[C@H](N2CCOCC2)C(C#N)(C#N)N2N=C(c3ccc(Cl)cc3)[C@@H]3[C@@H](C3(C)C)[C@]12c1ccc(Cl)cc1. The van der Waals surface area contributed by atoms with Crippen molar-refractivity contribution < 1.29 is 4.74 Å². The Labute approximate surface area is 228 Å². The Hall–Kier alpha value is -2.61. The van der Waals surface area contributed by atoms with Crippen molar-refractivity contribution in [3.63, 3.8) is 0 Å². The molecular weight excluding hydrogens is 505 g/mol. The summed E-state index contributed by atoms with van der Waals surface area (Å²) in [5.41, 5.74) is 0.718. The number of nitrogens with zero attached hydrogens (tertiary/aromatic N) is 5. The highest BCUT2D eigenvalue weighted by Gasteiger charge is 2.81. The van der Waals surface area contributed by atoms with E-state index in [1.807, 2.05) is 41.4 Å². The quantitative estimate of drug-likeness (QED) is 0.533. The number of rotatable bonds is 3. The maximum absolute atomic E-state index is 10.8. The molecule has 3 fully saturated rings. The van der Waals surface area contributed by atoms with Crippen LogP contribution in [0.4, 0.5) is 0 Å². The second-order valence-corrected chi connectivity index (χ2v) is 12.2. The van der Waals surface area contributed by atoms with Crippen LogP contribution in [0, 0.1) is 45.8 Å². The minimum absolute atomic E-state index is 0.0594. The van der Waals surface area contributed by atoms with Crippen LogP contribution in [-0.2, 0) is 10.3 Å². The number of hydrazone groups is 1. The van der Waals surface area contributed by atoms with Crippen LogP contribution in [0.15, 0.2) is 53.6 Å². The molecule has 6 rings (SSSR count). The van der Waals surface area contributed by atoms with Gasteiger partial charge in [0.2, 0.25) is 5.54 Å². The molecule has 8 heteroatoms. The largest absolute Gasteiger partial charge is 0.379 e. The first-order chi connectivity index (χ1) is 17.7. The van der Waals surface area contributed by atoms with Gasteiger partial charge in [-0.15, -0.1) is 0 Å². The number of benzene rings is 2. The average Bonchev–Trinajstić information content (AvgIpc) is 3.41. The molecule has 0 amide bonds. The van der Waals surface area contributed by atoms with Crippen molar-refractivity contribution in [2.75, 3.05) is 26.3 Å². The molecule has 5 atom stereocenters. The summed E-state index contributed by atoms with van der Waals surface area (Å²) >= 11 is 12.5. The summed E-state index contributed by atoms with van der Waals surface area (Å²) in [6, 6.07) is 20.3. The van der Waals surface area contributed by atoms with Crippen LogP contribution in [-0.4, -0.2) is 53.5 Å². The first-order valence-electron chi connectivity index (χ1n) is 12.8. The predicted octanol–water partition coefficient (Wildman–Crippen LogP) is 5.32. The van der Waals surface area contributed by atoms with Crippen molar-refractivity contribution in [2.45, 2.75) is 37.9 Å². The first-order valence-corrected chi connectivity index (χ1v) is 13.5. The van der Waals surface area contributed by atoms with Crippen LogP contribution in [0.1, 0.15) is 31.9 Å². The lowest BCUT2D eigenvalue weighted by Crippen LogP contribution is -2.58. The molecular formula is C29H29Cl2N5O. The van der Waals surface area contributed by atoms with Crippen LogP contribution >= 0.6 is 23.2 Å². The predicted molar refractivity (Wildman–Crippen MR) is 143 cm³/mol. The van der Waals surface area contributed by atoms with E-state index in [0.717, 1.165) is 16.8 Å². The van der Waals surface area contributed by atoms with Gasteiger partial charge in [-0.2, -0.15) is 15.6 Å². The van der Waals surface area contributed by atoms with Gasteiger partial charge in [-0.3, -0.25) is 9.91 Å². The second kappa shape index (κ2) is 8.45. The van der Waals surface area contributed by atoms with Crippen molar-refractivity contribution in [3.05, 3.63) is 69.7 Å². The van der Waals surface area contributed by atoms with E-state index < -0.39 is 11.1 Å². The first kappa shape index (κ1) is 24.7. The molecule has 2 aromatic carbocycles. The molecule has 1 saturated carbocycles. The van der Waals surface area contributed by atoms with Gasteiger partial charge in [-0.05, 0) is 40.8 Å². The van der Waals surface area contributed by atoms with Gasteiger partial charge in [-0.25, -0.2) is 0 Å². The molecule has 4 aliphatic rings. The van der Waals surface area contributed by atoms with Gasteiger partial charge in [-0.1, -0.05) is 68.2 Å². The van der Waals surface area contributed by atoms with Gasteiger partial charge >= 0.3 is 0 Å². The lowest BCUT2D eigenvalue weighted by atomic mass is 9.71. The Kier molecular flexibility index (Phi) is 5.64. The highest BCUT2D eigenvalue weighted by Crippen LogP contribution is 2.75. The third kappa shape index (κ3) is 3.20. The monoisotopic (exact) mass is 533 g/mol. The van der Waals surface area contributed by atoms with Crippen molar-refractivity contribution in [3.8, 4) is 12.1 Å². The van der Waals surface area contributed by atoms with Crippen molar-refractivity contribution in [1.82, 2.24) is 9.91 Å². The summed E-state index contributed by atoms with van der Waals surface area (Å²) in [6.07, 6.45) is 0. The van der Waals surface area contributed by atoms with Gasteiger partial charge in [0, 0.05) is 40.9 Å². The Morgan fingerprint density at radius 3 is 2.08 bits per heavy atom. The number of hydrogen-bond donors (Lipinski definition) is 0. The summed E-state index contributed by atoms with van der Waals surface area (Å²) in [7, 11) is 0. The van der Waals surface area contributed by atoms with Crippen molar-refractivity contribution >= 4 is 28.9 Å². The maximum Gasteiger partial charge on any atom is 0.246 e. The Morgan fingerprint density at radius 2 is 1.51 bits per heavy atom. The maximum atomic E-state index is 10.8. The standard InChI is InChI=1S/C29H29Cl2N5O/c1-18-26(35-12-14-37-15-13-35)28(16-32,17-33)36-29(18,20-6-10-22(31)11-7-20)25-23(27(25,2)3)24(34-36)19-4-8-21(30)9-5-19/h4-11,18,23,25-26H,12-15H2,1-3H3/t18-,23+,25-,26-,29+/m0/s1. The molecule has 6 nitrogen and oxygen atoms in total. The van der Waals surface area contributed by atoms with E-state index in [-0.39, 0.29) is 29.2 Å². The minimum Gasteiger partial charge on any atom is -0.379 e. The summed E-state index contributed by atoms with van der Waals surface area (Å²) in [5, 5.41) is 30.2. The van der Waals surface area contributed by atoms with Crippen LogP contribution in [0.5, 0.6) is 0 Å². The van der Waals surface area contributed by atoms with Gasteiger partial charge in [0.15, 0.2) is 0 Å². The van der Waals surface area contributed by atoms with E-state index in [4.69, 9.17) is 33.0 Å². The van der Waals surface area contributed by atoms with Gasteiger partial charge in [0.05, 0.1) is 30.5 Å². The highest BCUT2D eigenvalue weighted by atomic mass is 35.5. The number of ether oxygens (including phenoxy) is 1. The highest BCUT2D eigenvalue weighted by molar-refractivity contribution is 6.31. The number of fused-ring (bicyclic) bond motifs is 3. The average molecular weight is 534 g/mol. The zero-order valence-corrected chi connectivity index (χ0v) is 22.7. The van der Waals surface area contributed by atoms with E-state index in [1.165, 1.54) is 0 Å². The smallest absolute Gasteiger partial charge is 0.246 e. The molecule has 0 aromatic heterocycles. The van der Waals surface area contributed by atoms with E-state index >= 15 is 0 Å². The number of morpholine rings is 1. The third-order valence-corrected chi connectivity index (χ3v) is 9.81. The number of hydrogen-bond acceptors (Lipinski definition) is 6. The van der Waals surface area contributed by atoms with E-state index in [2.05, 4.69) is 49.9 Å². The van der Waals surface area contributed by atoms with Gasteiger partial charge in [0.1, 0.15) is 12.1 Å². The molecule has 0 radical (unpaired) electrons. The Morgan fingerprint density at radius 1 is 0.946 bits per heavy atom. The summed E-state index contributed by atoms with van der Waals surface area (Å²) in [5.74, 6) is 0.254. The molecule has 37 heavy (non-hydrogen) atoms. The van der Waals surface area contributed by atoms with Crippen molar-refractivity contribution in [2.24, 2.45) is 28.3 Å². The topological polar surface area (TPSA) is 75.7 Å². The van der Waals surface area contributed by atoms with Crippen LogP contribution in [0.3, 0.4) is 0 Å². The zero-order valence-electron chi connectivity index (χ0n) is 21.2.